The van der Waals surface area contributed by atoms with Gasteiger partial charge in [-0.3, -0.25) is 5.43 Å². The number of aromatic amines is 1. The molecule has 2 aromatic rings. The molecular weight excluding hydrogens is 270 g/mol. The summed E-state index contributed by atoms with van der Waals surface area (Å²) in [6.07, 6.45) is 2.99. The molecule has 0 unspecified atom stereocenters. The van der Waals surface area contributed by atoms with Gasteiger partial charge in [-0.25, -0.2) is 9.89 Å². The molecule has 0 amide bonds. The minimum Gasteiger partial charge on any atom is -0.493 e. The van der Waals surface area contributed by atoms with Crippen LogP contribution in [0.1, 0.15) is 19.4 Å². The summed E-state index contributed by atoms with van der Waals surface area (Å²) in [4.78, 5) is 14.6. The van der Waals surface area contributed by atoms with Crippen LogP contribution >= 0.6 is 0 Å². The topological polar surface area (TPSA) is 92.3 Å². The maximum absolute atomic E-state index is 11.0. The van der Waals surface area contributed by atoms with Crippen LogP contribution in [0, 0.1) is 5.92 Å². The Kier molecular flexibility index (Phi) is 5.03. The molecule has 0 saturated heterocycles. The Morgan fingerprint density at radius 2 is 2.33 bits per heavy atom. The first-order valence-electron chi connectivity index (χ1n) is 6.57. The number of benzene rings is 1. The molecule has 0 aliphatic rings. The van der Waals surface area contributed by atoms with Crippen LogP contribution in [0.5, 0.6) is 5.75 Å². The van der Waals surface area contributed by atoms with E-state index in [1.165, 1.54) is 6.20 Å². The van der Waals surface area contributed by atoms with Gasteiger partial charge in [0.2, 0.25) is 0 Å². The molecule has 0 atom stereocenters. The van der Waals surface area contributed by atoms with Crippen molar-refractivity contribution in [1.82, 2.24) is 15.2 Å². The lowest BCUT2D eigenvalue weighted by Crippen LogP contribution is -2.13. The molecular formula is C14H17N5O2. The molecule has 0 bridgehead atoms. The van der Waals surface area contributed by atoms with Crippen molar-refractivity contribution in [2.24, 2.45) is 11.0 Å². The SMILES string of the molecule is CC(C)COc1cccc(/C=N/Nc2cn[nH]c(=O)n2)c1. The Hall–Kier alpha value is -2.70. The predicted octanol–water partition coefficient (Wildman–Crippen LogP) is 1.65. The van der Waals surface area contributed by atoms with Gasteiger partial charge in [0.05, 0.1) is 19.0 Å². The lowest BCUT2D eigenvalue weighted by Gasteiger charge is -2.08. The molecule has 0 radical (unpaired) electrons. The minimum atomic E-state index is -0.528. The second kappa shape index (κ2) is 7.18. The average Bonchev–Trinajstić information content (AvgIpc) is 2.46. The number of hydrogen-bond acceptors (Lipinski definition) is 6. The molecule has 1 aromatic carbocycles. The molecule has 2 rings (SSSR count). The van der Waals surface area contributed by atoms with Crippen molar-refractivity contribution >= 4 is 12.0 Å². The summed E-state index contributed by atoms with van der Waals surface area (Å²) >= 11 is 0. The van der Waals surface area contributed by atoms with Crippen molar-refractivity contribution in [2.75, 3.05) is 12.0 Å². The zero-order valence-electron chi connectivity index (χ0n) is 11.9. The van der Waals surface area contributed by atoms with Crippen LogP contribution in [-0.2, 0) is 0 Å². The van der Waals surface area contributed by atoms with Crippen molar-refractivity contribution in [1.29, 1.82) is 0 Å². The van der Waals surface area contributed by atoms with E-state index >= 15 is 0 Å². The van der Waals surface area contributed by atoms with Gasteiger partial charge in [0.15, 0.2) is 5.82 Å². The quantitative estimate of drug-likeness (QED) is 0.622. The van der Waals surface area contributed by atoms with E-state index in [0.29, 0.717) is 12.5 Å². The molecule has 1 heterocycles. The van der Waals surface area contributed by atoms with E-state index in [9.17, 15) is 4.79 Å². The van der Waals surface area contributed by atoms with Gasteiger partial charge in [-0.1, -0.05) is 26.0 Å². The molecule has 0 aliphatic heterocycles. The Bertz CT molecular complexity index is 666. The monoisotopic (exact) mass is 287 g/mol. The number of anilines is 1. The van der Waals surface area contributed by atoms with Gasteiger partial charge in [-0.05, 0) is 23.6 Å². The van der Waals surface area contributed by atoms with Gasteiger partial charge in [-0.15, -0.1) is 0 Å². The van der Waals surface area contributed by atoms with Gasteiger partial charge >= 0.3 is 5.69 Å². The van der Waals surface area contributed by atoms with E-state index < -0.39 is 5.69 Å². The highest BCUT2D eigenvalue weighted by Gasteiger charge is 1.98. The Morgan fingerprint density at radius 1 is 1.48 bits per heavy atom. The third-order valence-electron chi connectivity index (χ3n) is 2.40. The van der Waals surface area contributed by atoms with Gasteiger partial charge in [0.25, 0.3) is 0 Å². The summed E-state index contributed by atoms with van der Waals surface area (Å²) in [6, 6.07) is 7.58. The second-order valence-electron chi connectivity index (χ2n) is 4.82. The highest BCUT2D eigenvalue weighted by molar-refractivity contribution is 5.80. The Balaban J connectivity index is 1.97. The van der Waals surface area contributed by atoms with Crippen molar-refractivity contribution in [3.8, 4) is 5.75 Å². The van der Waals surface area contributed by atoms with Crippen molar-refractivity contribution in [3.63, 3.8) is 0 Å². The molecule has 21 heavy (non-hydrogen) atoms. The maximum Gasteiger partial charge on any atom is 0.363 e. The fourth-order valence-corrected chi connectivity index (χ4v) is 1.49. The number of aromatic nitrogens is 3. The summed E-state index contributed by atoms with van der Waals surface area (Å²) in [5.74, 6) is 1.55. The normalized spacial score (nSPS) is 11.0. The number of nitrogens with zero attached hydrogens (tertiary/aromatic N) is 3. The highest BCUT2D eigenvalue weighted by atomic mass is 16.5. The molecule has 0 saturated carbocycles. The molecule has 0 aliphatic carbocycles. The zero-order valence-corrected chi connectivity index (χ0v) is 11.9. The molecule has 0 fully saturated rings. The van der Waals surface area contributed by atoms with Crippen molar-refractivity contribution in [3.05, 3.63) is 46.5 Å². The van der Waals surface area contributed by atoms with Crippen LogP contribution < -0.4 is 15.9 Å². The lowest BCUT2D eigenvalue weighted by atomic mass is 10.2. The first-order valence-corrected chi connectivity index (χ1v) is 6.57. The summed E-state index contributed by atoms with van der Waals surface area (Å²) in [6.45, 7) is 4.86. The van der Waals surface area contributed by atoms with Crippen molar-refractivity contribution in [2.45, 2.75) is 13.8 Å². The van der Waals surface area contributed by atoms with Crippen LogP contribution in [0.3, 0.4) is 0 Å². The van der Waals surface area contributed by atoms with E-state index in [1.54, 1.807) is 6.21 Å². The molecule has 7 nitrogen and oxygen atoms in total. The van der Waals surface area contributed by atoms with Gasteiger partial charge in [-0.2, -0.15) is 15.2 Å². The number of rotatable bonds is 6. The smallest absolute Gasteiger partial charge is 0.363 e. The van der Waals surface area contributed by atoms with Crippen molar-refractivity contribution < 1.29 is 4.74 Å². The summed E-state index contributed by atoms with van der Waals surface area (Å²) in [5.41, 5.74) is 2.99. The summed E-state index contributed by atoms with van der Waals surface area (Å²) < 4.78 is 5.64. The number of nitrogens with one attached hydrogen (secondary N) is 2. The summed E-state index contributed by atoms with van der Waals surface area (Å²) in [7, 11) is 0. The molecule has 1 aromatic heterocycles. The van der Waals surface area contributed by atoms with Crippen LogP contribution in [0.15, 0.2) is 40.4 Å². The molecule has 0 spiro atoms. The summed E-state index contributed by atoms with van der Waals surface area (Å²) in [5, 5.41) is 9.80. The fraction of sp³-hybridized carbons (Fsp3) is 0.286. The molecule has 110 valence electrons. The largest absolute Gasteiger partial charge is 0.493 e. The average molecular weight is 287 g/mol. The van der Waals surface area contributed by atoms with Gasteiger partial charge in [0, 0.05) is 0 Å². The minimum absolute atomic E-state index is 0.280. The van der Waals surface area contributed by atoms with E-state index in [4.69, 9.17) is 4.74 Å². The number of H-pyrrole nitrogens is 1. The maximum atomic E-state index is 11.0. The number of hydrogen-bond donors (Lipinski definition) is 2. The Morgan fingerprint density at radius 3 is 3.10 bits per heavy atom. The van der Waals surface area contributed by atoms with Gasteiger partial charge < -0.3 is 4.74 Å². The molecule has 2 N–H and O–H groups in total. The number of ether oxygens (including phenoxy) is 1. The van der Waals surface area contributed by atoms with Gasteiger partial charge in [0.1, 0.15) is 5.75 Å². The van der Waals surface area contributed by atoms with Crippen LogP contribution in [0.4, 0.5) is 5.82 Å². The Labute approximate surface area is 122 Å². The zero-order chi connectivity index (χ0) is 15.1. The van der Waals surface area contributed by atoms with E-state index in [-0.39, 0.29) is 5.82 Å². The van der Waals surface area contributed by atoms with Crippen LogP contribution in [0.2, 0.25) is 0 Å². The third kappa shape index (κ3) is 5.06. The first kappa shape index (κ1) is 14.7. The van der Waals surface area contributed by atoms with Crippen LogP contribution in [-0.4, -0.2) is 28.0 Å². The standard InChI is InChI=1S/C14H17N5O2/c1-10(2)9-21-12-5-3-4-11(6-12)7-15-18-13-8-16-19-14(20)17-13/h3-8,10H,9H2,1-2H3,(H2,17,18,19,20)/b15-7+. The van der Waals surface area contributed by atoms with E-state index in [1.807, 2.05) is 24.3 Å². The number of hydrazone groups is 1. The molecule has 7 heteroatoms. The third-order valence-corrected chi connectivity index (χ3v) is 2.40. The first-order chi connectivity index (χ1) is 10.1. The lowest BCUT2D eigenvalue weighted by molar-refractivity contribution is 0.271. The highest BCUT2D eigenvalue weighted by Crippen LogP contribution is 2.13. The van der Waals surface area contributed by atoms with E-state index in [0.717, 1.165) is 11.3 Å². The van der Waals surface area contributed by atoms with Crippen LogP contribution in [0.25, 0.3) is 0 Å². The predicted molar refractivity (Wildman–Crippen MR) is 80.6 cm³/mol. The van der Waals surface area contributed by atoms with E-state index in [2.05, 4.69) is 39.6 Å². The fourth-order valence-electron chi connectivity index (χ4n) is 1.49. The second-order valence-corrected chi connectivity index (χ2v) is 4.82.